The molecule has 5 heteroatoms. The van der Waals surface area contributed by atoms with Crippen molar-refractivity contribution in [1.29, 1.82) is 0 Å². The summed E-state index contributed by atoms with van der Waals surface area (Å²) in [5.74, 6) is 0. The zero-order valence-corrected chi connectivity index (χ0v) is 14.4. The Morgan fingerprint density at radius 2 is 2.14 bits per heavy atom. The van der Waals surface area contributed by atoms with Gasteiger partial charge < -0.3 is 0 Å². The summed E-state index contributed by atoms with van der Waals surface area (Å²) in [5, 5.41) is 5.65. The summed E-state index contributed by atoms with van der Waals surface area (Å²) in [5.41, 5.74) is 3.54. The molecular formula is C16H24N4S. The molecule has 0 aromatic carbocycles. The van der Waals surface area contributed by atoms with Crippen molar-refractivity contribution in [3.05, 3.63) is 45.7 Å². The molecule has 0 aliphatic heterocycles. The highest BCUT2D eigenvalue weighted by atomic mass is 32.1. The van der Waals surface area contributed by atoms with Gasteiger partial charge in [-0.25, -0.2) is 4.98 Å². The van der Waals surface area contributed by atoms with Crippen LogP contribution in [0.4, 0.5) is 0 Å². The Morgan fingerprint density at radius 3 is 2.71 bits per heavy atom. The number of hydrogen-bond donors (Lipinski definition) is 0. The van der Waals surface area contributed by atoms with Crippen LogP contribution in [0.1, 0.15) is 39.8 Å². The van der Waals surface area contributed by atoms with Crippen molar-refractivity contribution in [2.45, 2.75) is 46.8 Å². The molecule has 2 aromatic rings. The van der Waals surface area contributed by atoms with Crippen molar-refractivity contribution in [2.24, 2.45) is 0 Å². The minimum Gasteiger partial charge on any atom is -0.294 e. The van der Waals surface area contributed by atoms with Gasteiger partial charge in [-0.3, -0.25) is 9.58 Å². The average molecular weight is 304 g/mol. The Balaban J connectivity index is 2.12. The summed E-state index contributed by atoms with van der Waals surface area (Å²) >= 11 is 1.77. The number of aryl methyl sites for hydroxylation is 3. The van der Waals surface area contributed by atoms with E-state index in [4.69, 9.17) is 0 Å². The number of rotatable bonds is 6. The molecule has 0 amide bonds. The summed E-state index contributed by atoms with van der Waals surface area (Å²) < 4.78 is 1.94. The van der Waals surface area contributed by atoms with Gasteiger partial charge in [-0.2, -0.15) is 5.10 Å². The Labute approximate surface area is 131 Å². The first-order valence-electron chi connectivity index (χ1n) is 7.20. The summed E-state index contributed by atoms with van der Waals surface area (Å²) in [6.07, 6.45) is 3.98. The van der Waals surface area contributed by atoms with Gasteiger partial charge in [-0.15, -0.1) is 17.9 Å². The van der Waals surface area contributed by atoms with E-state index >= 15 is 0 Å². The molecule has 0 fully saturated rings. The van der Waals surface area contributed by atoms with Gasteiger partial charge in [0.1, 0.15) is 0 Å². The second-order valence-corrected chi connectivity index (χ2v) is 6.92. The monoisotopic (exact) mass is 304 g/mol. The zero-order chi connectivity index (χ0) is 15.6. The fraction of sp³-hybridized carbons (Fsp3) is 0.500. The third-order valence-electron chi connectivity index (χ3n) is 3.78. The molecule has 21 heavy (non-hydrogen) atoms. The molecule has 0 saturated heterocycles. The van der Waals surface area contributed by atoms with Crippen LogP contribution in [-0.2, 0) is 13.1 Å². The Kier molecular flexibility index (Phi) is 4.96. The van der Waals surface area contributed by atoms with Crippen LogP contribution >= 0.6 is 11.3 Å². The Hall–Kier alpha value is -1.46. The first-order chi connectivity index (χ1) is 9.92. The van der Waals surface area contributed by atoms with Crippen molar-refractivity contribution >= 4 is 11.3 Å². The first kappa shape index (κ1) is 15.9. The molecule has 0 unspecified atom stereocenters. The molecule has 0 spiro atoms. The van der Waals surface area contributed by atoms with Crippen LogP contribution in [0.2, 0.25) is 0 Å². The molecular weight excluding hydrogens is 280 g/mol. The highest BCUT2D eigenvalue weighted by molar-refractivity contribution is 7.11. The van der Waals surface area contributed by atoms with Gasteiger partial charge in [0.15, 0.2) is 0 Å². The molecule has 0 radical (unpaired) electrons. The summed E-state index contributed by atoms with van der Waals surface area (Å²) in [6.45, 7) is 13.9. The van der Waals surface area contributed by atoms with Gasteiger partial charge in [-0.05, 0) is 34.7 Å². The largest absolute Gasteiger partial charge is 0.294 e. The number of thiazole rings is 1. The summed E-state index contributed by atoms with van der Waals surface area (Å²) in [4.78, 5) is 8.31. The van der Waals surface area contributed by atoms with Gasteiger partial charge in [0.05, 0.1) is 29.0 Å². The second kappa shape index (κ2) is 6.54. The summed E-state index contributed by atoms with van der Waals surface area (Å²) in [6, 6.07) is 0.303. The molecule has 0 bridgehead atoms. The van der Waals surface area contributed by atoms with Gasteiger partial charge >= 0.3 is 0 Å². The highest BCUT2D eigenvalue weighted by Crippen LogP contribution is 2.27. The van der Waals surface area contributed by atoms with Crippen molar-refractivity contribution in [3.63, 3.8) is 0 Å². The quantitative estimate of drug-likeness (QED) is 0.764. The molecule has 0 N–H and O–H groups in total. The smallest absolute Gasteiger partial charge is 0.0900 e. The van der Waals surface area contributed by atoms with E-state index < -0.39 is 0 Å². The van der Waals surface area contributed by atoms with Gasteiger partial charge in [0, 0.05) is 23.2 Å². The van der Waals surface area contributed by atoms with E-state index in [0.29, 0.717) is 6.04 Å². The van der Waals surface area contributed by atoms with Crippen molar-refractivity contribution in [2.75, 3.05) is 7.05 Å². The standard InChI is InChI=1S/C16H24N4S/c1-7-8-20-10-15(11(2)18-20)9-19(6)12(3)16-13(4)21-14(5)17-16/h7,10,12H,1,8-9H2,2-6H3/t12-/m0/s1. The maximum Gasteiger partial charge on any atom is 0.0900 e. The molecule has 2 heterocycles. The molecule has 0 aliphatic carbocycles. The molecule has 2 rings (SSSR count). The van der Waals surface area contributed by atoms with E-state index in [9.17, 15) is 0 Å². The van der Waals surface area contributed by atoms with E-state index in [1.54, 1.807) is 11.3 Å². The number of hydrogen-bond acceptors (Lipinski definition) is 4. The highest BCUT2D eigenvalue weighted by Gasteiger charge is 2.19. The number of nitrogens with zero attached hydrogens (tertiary/aromatic N) is 4. The molecule has 4 nitrogen and oxygen atoms in total. The minimum atomic E-state index is 0.303. The molecule has 1 atom stereocenters. The fourth-order valence-corrected chi connectivity index (χ4v) is 3.39. The number of allylic oxidation sites excluding steroid dienone is 1. The number of aromatic nitrogens is 3. The summed E-state index contributed by atoms with van der Waals surface area (Å²) in [7, 11) is 2.14. The zero-order valence-electron chi connectivity index (χ0n) is 13.6. The van der Waals surface area contributed by atoms with Crippen LogP contribution in [0.15, 0.2) is 18.9 Å². The van der Waals surface area contributed by atoms with Crippen LogP contribution in [0.3, 0.4) is 0 Å². The SMILES string of the molecule is C=CCn1cc(CN(C)[C@@H](C)c2nc(C)sc2C)c(C)n1. The Morgan fingerprint density at radius 1 is 1.43 bits per heavy atom. The van der Waals surface area contributed by atoms with Crippen LogP contribution in [-0.4, -0.2) is 26.7 Å². The van der Waals surface area contributed by atoms with E-state index in [2.05, 4.69) is 62.5 Å². The van der Waals surface area contributed by atoms with Gasteiger partial charge in [0.2, 0.25) is 0 Å². The molecule has 0 aliphatic rings. The topological polar surface area (TPSA) is 34.0 Å². The molecule has 0 saturated carbocycles. The molecule has 2 aromatic heterocycles. The van der Waals surface area contributed by atoms with Crippen molar-refractivity contribution in [3.8, 4) is 0 Å². The lowest BCUT2D eigenvalue weighted by Crippen LogP contribution is -2.23. The van der Waals surface area contributed by atoms with Crippen molar-refractivity contribution < 1.29 is 0 Å². The van der Waals surface area contributed by atoms with Crippen LogP contribution in [0.5, 0.6) is 0 Å². The predicted octanol–water partition coefficient (Wildman–Crippen LogP) is 3.64. The Bertz CT molecular complexity index is 626. The van der Waals surface area contributed by atoms with E-state index in [1.807, 2.05) is 10.8 Å². The third-order valence-corrected chi connectivity index (χ3v) is 4.68. The average Bonchev–Trinajstić information content (AvgIpc) is 2.92. The molecule has 114 valence electrons. The van der Waals surface area contributed by atoms with Crippen LogP contribution in [0.25, 0.3) is 0 Å². The maximum absolute atomic E-state index is 4.67. The van der Waals surface area contributed by atoms with Gasteiger partial charge in [0.25, 0.3) is 0 Å². The lowest BCUT2D eigenvalue weighted by Gasteiger charge is -2.23. The van der Waals surface area contributed by atoms with E-state index in [-0.39, 0.29) is 0 Å². The fourth-order valence-electron chi connectivity index (χ4n) is 2.49. The predicted molar refractivity (Wildman–Crippen MR) is 88.6 cm³/mol. The van der Waals surface area contributed by atoms with Crippen LogP contribution in [0, 0.1) is 20.8 Å². The first-order valence-corrected chi connectivity index (χ1v) is 8.02. The van der Waals surface area contributed by atoms with Crippen molar-refractivity contribution in [1.82, 2.24) is 19.7 Å². The van der Waals surface area contributed by atoms with E-state index in [1.165, 1.54) is 16.1 Å². The van der Waals surface area contributed by atoms with E-state index in [0.717, 1.165) is 23.8 Å². The lowest BCUT2D eigenvalue weighted by atomic mass is 10.1. The maximum atomic E-state index is 4.67. The minimum absolute atomic E-state index is 0.303. The van der Waals surface area contributed by atoms with Crippen LogP contribution < -0.4 is 0 Å². The third kappa shape index (κ3) is 3.60. The van der Waals surface area contributed by atoms with Gasteiger partial charge in [-0.1, -0.05) is 6.08 Å². The normalized spacial score (nSPS) is 12.9. The second-order valence-electron chi connectivity index (χ2n) is 5.52. The lowest BCUT2D eigenvalue weighted by molar-refractivity contribution is 0.248.